The Morgan fingerprint density at radius 1 is 1.14 bits per heavy atom. The van der Waals surface area contributed by atoms with E-state index >= 15 is 0 Å². The van der Waals surface area contributed by atoms with Crippen molar-refractivity contribution in [3.63, 3.8) is 0 Å². The molecular formula is C20H18FN5O3. The van der Waals surface area contributed by atoms with Crippen LogP contribution in [0.25, 0.3) is 11.3 Å². The second kappa shape index (κ2) is 7.42. The summed E-state index contributed by atoms with van der Waals surface area (Å²) in [4.78, 5) is 47.5. The van der Waals surface area contributed by atoms with Gasteiger partial charge in [-0.3, -0.25) is 24.3 Å². The van der Waals surface area contributed by atoms with E-state index in [-0.39, 0.29) is 24.3 Å². The molecule has 0 spiro atoms. The average molecular weight is 395 g/mol. The topological polar surface area (TPSA) is 95.5 Å². The molecule has 4 rings (SSSR count). The van der Waals surface area contributed by atoms with Gasteiger partial charge in [0.2, 0.25) is 11.9 Å². The van der Waals surface area contributed by atoms with Crippen molar-refractivity contribution in [2.45, 2.75) is 12.8 Å². The number of hydrogen-bond donors (Lipinski definition) is 1. The van der Waals surface area contributed by atoms with E-state index in [1.54, 1.807) is 23.1 Å². The van der Waals surface area contributed by atoms with Gasteiger partial charge in [-0.15, -0.1) is 0 Å². The number of halogens is 1. The predicted molar refractivity (Wildman–Crippen MR) is 102 cm³/mol. The van der Waals surface area contributed by atoms with E-state index in [0.29, 0.717) is 47.6 Å². The fourth-order valence-electron chi connectivity index (χ4n) is 3.49. The first-order valence-electron chi connectivity index (χ1n) is 9.12. The van der Waals surface area contributed by atoms with Gasteiger partial charge in [-0.25, -0.2) is 4.98 Å². The maximum absolute atomic E-state index is 12.9. The zero-order valence-corrected chi connectivity index (χ0v) is 15.7. The largest absolute Gasteiger partial charge is 0.357 e. The Bertz CT molecular complexity index is 1020. The van der Waals surface area contributed by atoms with Crippen molar-refractivity contribution in [2.24, 2.45) is 0 Å². The highest BCUT2D eigenvalue weighted by atomic mass is 19.1. The number of likely N-dealkylation sites (N-methyl/N-ethyl adjacent to an activating group) is 1. The zero-order valence-electron chi connectivity index (χ0n) is 15.7. The van der Waals surface area contributed by atoms with Crippen molar-refractivity contribution < 1.29 is 18.8 Å². The molecule has 0 aromatic carbocycles. The number of imide groups is 1. The number of amides is 3. The summed E-state index contributed by atoms with van der Waals surface area (Å²) in [6.45, 7) is 0.503. The summed E-state index contributed by atoms with van der Waals surface area (Å²) < 4.78 is 12.9. The third kappa shape index (κ3) is 3.58. The van der Waals surface area contributed by atoms with Gasteiger partial charge in [0, 0.05) is 30.9 Å². The Kier molecular flexibility index (Phi) is 4.79. The highest BCUT2D eigenvalue weighted by molar-refractivity contribution is 6.19. The Balaban J connectivity index is 1.43. The minimum atomic E-state index is -0.567. The molecule has 2 aliphatic rings. The van der Waals surface area contributed by atoms with Gasteiger partial charge in [0.25, 0.3) is 11.8 Å². The van der Waals surface area contributed by atoms with Gasteiger partial charge in [0.15, 0.2) is 0 Å². The van der Waals surface area contributed by atoms with Gasteiger partial charge in [0.05, 0.1) is 24.1 Å². The van der Waals surface area contributed by atoms with Crippen molar-refractivity contribution in [2.75, 3.05) is 25.5 Å². The van der Waals surface area contributed by atoms with Crippen LogP contribution in [0.2, 0.25) is 0 Å². The highest BCUT2D eigenvalue weighted by Gasteiger charge is 2.40. The lowest BCUT2D eigenvalue weighted by molar-refractivity contribution is -0.136. The van der Waals surface area contributed by atoms with E-state index in [1.807, 2.05) is 0 Å². The predicted octanol–water partition coefficient (Wildman–Crippen LogP) is 1.57. The van der Waals surface area contributed by atoms with Crippen molar-refractivity contribution in [3.05, 3.63) is 53.9 Å². The standard InChI is InChI=1S/C20H18FN5O3/c1-25-19(28)14-3-2-8-26(18(14)20(25)29)11-17(27)24-13-5-6-15(22-10-13)12-4-7-16(21)23-9-12/h4-7,9-10H,2-3,8,11H2,1H3,(H,24,27). The molecule has 0 radical (unpaired) electrons. The van der Waals surface area contributed by atoms with Gasteiger partial charge < -0.3 is 10.2 Å². The molecule has 4 heterocycles. The second-order valence-electron chi connectivity index (χ2n) is 6.87. The van der Waals surface area contributed by atoms with Gasteiger partial charge >= 0.3 is 0 Å². The van der Waals surface area contributed by atoms with Crippen molar-refractivity contribution in [3.8, 4) is 11.3 Å². The van der Waals surface area contributed by atoms with Crippen LogP contribution in [-0.2, 0) is 14.4 Å². The molecule has 29 heavy (non-hydrogen) atoms. The Morgan fingerprint density at radius 2 is 1.97 bits per heavy atom. The molecule has 9 heteroatoms. The first kappa shape index (κ1) is 18.7. The van der Waals surface area contributed by atoms with E-state index < -0.39 is 5.95 Å². The van der Waals surface area contributed by atoms with E-state index in [2.05, 4.69) is 15.3 Å². The van der Waals surface area contributed by atoms with Gasteiger partial charge in [-0.05, 0) is 37.1 Å². The molecule has 2 aliphatic heterocycles. The first-order valence-corrected chi connectivity index (χ1v) is 9.12. The van der Waals surface area contributed by atoms with Crippen LogP contribution in [0.1, 0.15) is 12.8 Å². The van der Waals surface area contributed by atoms with E-state index in [0.717, 1.165) is 4.90 Å². The van der Waals surface area contributed by atoms with Crippen molar-refractivity contribution in [1.82, 2.24) is 19.8 Å². The number of carbonyl (C=O) groups is 3. The number of aromatic nitrogens is 2. The van der Waals surface area contributed by atoms with Gasteiger partial charge in [-0.1, -0.05) is 0 Å². The lowest BCUT2D eigenvalue weighted by atomic mass is 10.0. The summed E-state index contributed by atoms with van der Waals surface area (Å²) in [5, 5.41) is 2.74. The number of rotatable bonds is 4. The summed E-state index contributed by atoms with van der Waals surface area (Å²) in [5.41, 5.74) is 2.56. The van der Waals surface area contributed by atoms with Crippen LogP contribution in [-0.4, -0.2) is 57.6 Å². The lowest BCUT2D eigenvalue weighted by Gasteiger charge is -2.28. The third-order valence-electron chi connectivity index (χ3n) is 4.93. The molecule has 0 atom stereocenters. The fourth-order valence-corrected chi connectivity index (χ4v) is 3.49. The van der Waals surface area contributed by atoms with Gasteiger partial charge in [-0.2, -0.15) is 4.39 Å². The molecule has 1 N–H and O–H groups in total. The maximum atomic E-state index is 12.9. The first-order chi connectivity index (χ1) is 13.9. The molecule has 0 unspecified atom stereocenters. The zero-order chi connectivity index (χ0) is 20.5. The van der Waals surface area contributed by atoms with Crippen LogP contribution in [0.15, 0.2) is 47.9 Å². The quantitative estimate of drug-likeness (QED) is 0.624. The van der Waals surface area contributed by atoms with Gasteiger partial charge in [0.1, 0.15) is 5.70 Å². The number of carbonyl (C=O) groups excluding carboxylic acids is 3. The maximum Gasteiger partial charge on any atom is 0.277 e. The van der Waals surface area contributed by atoms with Crippen LogP contribution >= 0.6 is 0 Å². The van der Waals surface area contributed by atoms with Crippen LogP contribution in [0.3, 0.4) is 0 Å². The van der Waals surface area contributed by atoms with Crippen molar-refractivity contribution in [1.29, 1.82) is 0 Å². The third-order valence-corrected chi connectivity index (χ3v) is 4.93. The van der Waals surface area contributed by atoms with E-state index in [1.165, 1.54) is 25.5 Å². The summed E-state index contributed by atoms with van der Waals surface area (Å²) in [6.07, 6.45) is 4.14. The molecule has 2 aromatic heterocycles. The van der Waals surface area contributed by atoms with Crippen molar-refractivity contribution >= 4 is 23.4 Å². The molecule has 2 aromatic rings. The number of hydrogen-bond acceptors (Lipinski definition) is 6. The Hall–Kier alpha value is -3.62. The average Bonchev–Trinajstić information content (AvgIpc) is 2.94. The summed E-state index contributed by atoms with van der Waals surface area (Å²) >= 11 is 0. The van der Waals surface area contributed by atoms with Crippen LogP contribution in [0.5, 0.6) is 0 Å². The minimum Gasteiger partial charge on any atom is -0.357 e. The summed E-state index contributed by atoms with van der Waals surface area (Å²) in [6, 6.07) is 6.20. The Morgan fingerprint density at radius 3 is 2.66 bits per heavy atom. The van der Waals surface area contributed by atoms with Crippen LogP contribution < -0.4 is 5.32 Å². The smallest absolute Gasteiger partial charge is 0.277 e. The molecule has 8 nitrogen and oxygen atoms in total. The molecular weight excluding hydrogens is 377 g/mol. The number of nitrogens with one attached hydrogen (secondary N) is 1. The normalized spacial score (nSPS) is 16.3. The number of pyridine rings is 2. The summed E-state index contributed by atoms with van der Waals surface area (Å²) in [5.74, 6) is -1.53. The van der Waals surface area contributed by atoms with E-state index in [9.17, 15) is 18.8 Å². The summed E-state index contributed by atoms with van der Waals surface area (Å²) in [7, 11) is 1.45. The number of nitrogens with zero attached hydrogens (tertiary/aromatic N) is 4. The molecule has 0 aliphatic carbocycles. The van der Waals surface area contributed by atoms with Crippen LogP contribution in [0, 0.1) is 5.95 Å². The molecule has 0 saturated carbocycles. The van der Waals surface area contributed by atoms with Crippen LogP contribution in [0.4, 0.5) is 10.1 Å². The Labute approximate surface area is 166 Å². The monoisotopic (exact) mass is 395 g/mol. The molecule has 0 fully saturated rings. The van der Waals surface area contributed by atoms with E-state index in [4.69, 9.17) is 0 Å². The molecule has 0 bridgehead atoms. The molecule has 148 valence electrons. The second-order valence-corrected chi connectivity index (χ2v) is 6.87. The molecule has 3 amide bonds. The SMILES string of the molecule is CN1C(=O)C2=C(C1=O)N(CC(=O)Nc1ccc(-c3ccc(F)nc3)nc1)CCC2. The fraction of sp³-hybridized carbons (Fsp3) is 0.250. The highest BCUT2D eigenvalue weighted by Crippen LogP contribution is 2.30. The minimum absolute atomic E-state index is 0.0324. The number of anilines is 1. The lowest BCUT2D eigenvalue weighted by Crippen LogP contribution is -2.38. The molecule has 0 saturated heterocycles.